The zero-order valence-corrected chi connectivity index (χ0v) is 12.2. The van der Waals surface area contributed by atoms with E-state index in [0.717, 1.165) is 32.2 Å². The summed E-state index contributed by atoms with van der Waals surface area (Å²) in [6.07, 6.45) is 4.82. The monoisotopic (exact) mass is 258 g/mol. The van der Waals surface area contributed by atoms with Gasteiger partial charge in [-0.05, 0) is 32.2 Å². The fourth-order valence-electron chi connectivity index (χ4n) is 1.71. The van der Waals surface area contributed by atoms with Crippen LogP contribution in [0.4, 0.5) is 0 Å². The van der Waals surface area contributed by atoms with Crippen LogP contribution in [-0.2, 0) is 9.53 Å². The zero-order valence-electron chi connectivity index (χ0n) is 12.2. The Kier molecular flexibility index (Phi) is 11.1. The average molecular weight is 258 g/mol. The SMILES string of the molecule is CCOCC(NC(=O)CCCCCCN)C(C)C. The Labute approximate surface area is 112 Å². The van der Waals surface area contributed by atoms with Gasteiger partial charge in [-0.15, -0.1) is 0 Å². The maximum absolute atomic E-state index is 11.8. The van der Waals surface area contributed by atoms with Crippen molar-refractivity contribution in [3.63, 3.8) is 0 Å². The van der Waals surface area contributed by atoms with Crippen LogP contribution < -0.4 is 11.1 Å². The highest BCUT2D eigenvalue weighted by Crippen LogP contribution is 2.05. The van der Waals surface area contributed by atoms with E-state index in [1.807, 2.05) is 6.92 Å². The molecule has 0 aromatic heterocycles. The van der Waals surface area contributed by atoms with Crippen molar-refractivity contribution in [1.29, 1.82) is 0 Å². The Hall–Kier alpha value is -0.610. The first kappa shape index (κ1) is 17.4. The second-order valence-electron chi connectivity index (χ2n) is 5.03. The number of unbranched alkanes of at least 4 members (excludes halogenated alkanes) is 3. The molecule has 0 aromatic rings. The maximum Gasteiger partial charge on any atom is 0.220 e. The van der Waals surface area contributed by atoms with Crippen molar-refractivity contribution >= 4 is 5.91 Å². The number of carbonyl (C=O) groups is 1. The second kappa shape index (κ2) is 11.5. The van der Waals surface area contributed by atoms with Crippen LogP contribution in [0.2, 0.25) is 0 Å². The van der Waals surface area contributed by atoms with E-state index < -0.39 is 0 Å². The maximum atomic E-state index is 11.8. The molecule has 0 heterocycles. The van der Waals surface area contributed by atoms with Crippen molar-refractivity contribution in [2.45, 2.75) is 58.9 Å². The molecule has 0 spiro atoms. The third-order valence-electron chi connectivity index (χ3n) is 3.01. The summed E-state index contributed by atoms with van der Waals surface area (Å²) in [7, 11) is 0. The minimum Gasteiger partial charge on any atom is -0.380 e. The number of ether oxygens (including phenoxy) is 1. The Morgan fingerprint density at radius 1 is 1.22 bits per heavy atom. The van der Waals surface area contributed by atoms with E-state index in [1.54, 1.807) is 0 Å². The van der Waals surface area contributed by atoms with Crippen molar-refractivity contribution < 1.29 is 9.53 Å². The van der Waals surface area contributed by atoms with Crippen LogP contribution in [0.15, 0.2) is 0 Å². The van der Waals surface area contributed by atoms with Gasteiger partial charge in [0, 0.05) is 13.0 Å². The summed E-state index contributed by atoms with van der Waals surface area (Å²) >= 11 is 0. The van der Waals surface area contributed by atoms with Crippen LogP contribution in [0, 0.1) is 5.92 Å². The van der Waals surface area contributed by atoms with Gasteiger partial charge in [-0.2, -0.15) is 0 Å². The van der Waals surface area contributed by atoms with Crippen molar-refractivity contribution in [3.8, 4) is 0 Å². The first-order valence-electron chi connectivity index (χ1n) is 7.19. The quantitative estimate of drug-likeness (QED) is 0.558. The molecular weight excluding hydrogens is 228 g/mol. The number of nitrogens with one attached hydrogen (secondary N) is 1. The van der Waals surface area contributed by atoms with E-state index in [1.165, 1.54) is 0 Å². The highest BCUT2D eigenvalue weighted by atomic mass is 16.5. The molecule has 1 amide bonds. The van der Waals surface area contributed by atoms with Crippen LogP contribution >= 0.6 is 0 Å². The summed E-state index contributed by atoms with van der Waals surface area (Å²) in [6, 6.07) is 0.126. The molecule has 0 bridgehead atoms. The van der Waals surface area contributed by atoms with Crippen LogP contribution in [0.1, 0.15) is 52.9 Å². The molecular formula is C14H30N2O2. The van der Waals surface area contributed by atoms with Crippen LogP contribution in [0.3, 0.4) is 0 Å². The Morgan fingerprint density at radius 2 is 1.89 bits per heavy atom. The van der Waals surface area contributed by atoms with Crippen molar-refractivity contribution in [1.82, 2.24) is 5.32 Å². The summed E-state index contributed by atoms with van der Waals surface area (Å²) < 4.78 is 5.39. The second-order valence-corrected chi connectivity index (χ2v) is 5.03. The summed E-state index contributed by atoms with van der Waals surface area (Å²) in [5.74, 6) is 0.541. The summed E-state index contributed by atoms with van der Waals surface area (Å²) in [5.41, 5.74) is 5.42. The molecule has 0 saturated heterocycles. The van der Waals surface area contributed by atoms with Gasteiger partial charge in [0.1, 0.15) is 0 Å². The summed E-state index contributed by atoms with van der Waals surface area (Å²) in [4.78, 5) is 11.8. The lowest BCUT2D eigenvalue weighted by Gasteiger charge is -2.22. The summed E-state index contributed by atoms with van der Waals surface area (Å²) in [5, 5.41) is 3.05. The van der Waals surface area contributed by atoms with Gasteiger partial charge >= 0.3 is 0 Å². The summed E-state index contributed by atoms with van der Waals surface area (Å²) in [6.45, 7) is 8.22. The molecule has 0 aliphatic rings. The van der Waals surface area contributed by atoms with E-state index in [-0.39, 0.29) is 11.9 Å². The molecule has 0 aliphatic carbocycles. The average Bonchev–Trinajstić information content (AvgIpc) is 2.33. The lowest BCUT2D eigenvalue weighted by molar-refractivity contribution is -0.122. The van der Waals surface area contributed by atoms with Gasteiger partial charge in [-0.3, -0.25) is 4.79 Å². The largest absolute Gasteiger partial charge is 0.380 e. The van der Waals surface area contributed by atoms with Crippen LogP contribution in [0.5, 0.6) is 0 Å². The first-order chi connectivity index (χ1) is 8.61. The van der Waals surface area contributed by atoms with Crippen molar-refractivity contribution in [3.05, 3.63) is 0 Å². The molecule has 0 fully saturated rings. The molecule has 0 radical (unpaired) electrons. The zero-order chi connectivity index (χ0) is 13.8. The smallest absolute Gasteiger partial charge is 0.220 e. The minimum absolute atomic E-state index is 0.126. The fourth-order valence-corrected chi connectivity index (χ4v) is 1.71. The number of carbonyl (C=O) groups excluding carboxylic acids is 1. The molecule has 4 heteroatoms. The molecule has 108 valence electrons. The minimum atomic E-state index is 0.126. The first-order valence-corrected chi connectivity index (χ1v) is 7.19. The number of nitrogens with two attached hydrogens (primary N) is 1. The highest BCUT2D eigenvalue weighted by molar-refractivity contribution is 5.76. The lowest BCUT2D eigenvalue weighted by atomic mass is 10.0. The topological polar surface area (TPSA) is 64.3 Å². The normalized spacial score (nSPS) is 12.7. The predicted molar refractivity (Wildman–Crippen MR) is 75.4 cm³/mol. The molecule has 18 heavy (non-hydrogen) atoms. The molecule has 1 atom stereocenters. The molecule has 1 unspecified atom stereocenters. The van der Waals surface area contributed by atoms with E-state index in [9.17, 15) is 4.79 Å². The van der Waals surface area contributed by atoms with Crippen LogP contribution in [-0.4, -0.2) is 31.7 Å². The Morgan fingerprint density at radius 3 is 2.44 bits per heavy atom. The number of hydrogen-bond acceptors (Lipinski definition) is 3. The van der Waals surface area contributed by atoms with E-state index in [0.29, 0.717) is 25.6 Å². The fraction of sp³-hybridized carbons (Fsp3) is 0.929. The van der Waals surface area contributed by atoms with Gasteiger partial charge in [0.25, 0.3) is 0 Å². The third-order valence-corrected chi connectivity index (χ3v) is 3.01. The van der Waals surface area contributed by atoms with E-state index in [4.69, 9.17) is 10.5 Å². The van der Waals surface area contributed by atoms with E-state index in [2.05, 4.69) is 19.2 Å². The van der Waals surface area contributed by atoms with Crippen molar-refractivity contribution in [2.24, 2.45) is 11.7 Å². The standard InChI is InChI=1S/C14H30N2O2/c1-4-18-11-13(12(2)3)16-14(17)9-7-5-6-8-10-15/h12-13H,4-11,15H2,1-3H3,(H,16,17). The predicted octanol–water partition coefficient (Wildman–Crippen LogP) is 2.07. The Bertz CT molecular complexity index is 208. The highest BCUT2D eigenvalue weighted by Gasteiger charge is 2.15. The molecule has 0 rings (SSSR count). The van der Waals surface area contributed by atoms with Gasteiger partial charge < -0.3 is 15.8 Å². The lowest BCUT2D eigenvalue weighted by Crippen LogP contribution is -2.41. The van der Waals surface area contributed by atoms with E-state index >= 15 is 0 Å². The van der Waals surface area contributed by atoms with Gasteiger partial charge in [0.05, 0.1) is 12.6 Å². The van der Waals surface area contributed by atoms with Gasteiger partial charge in [-0.1, -0.05) is 26.7 Å². The van der Waals surface area contributed by atoms with Gasteiger partial charge in [0.15, 0.2) is 0 Å². The van der Waals surface area contributed by atoms with Crippen molar-refractivity contribution in [2.75, 3.05) is 19.8 Å². The number of hydrogen-bond donors (Lipinski definition) is 2. The van der Waals surface area contributed by atoms with Gasteiger partial charge in [-0.25, -0.2) is 0 Å². The number of rotatable bonds is 11. The molecule has 4 nitrogen and oxygen atoms in total. The molecule has 0 aromatic carbocycles. The third kappa shape index (κ3) is 9.42. The van der Waals surface area contributed by atoms with Gasteiger partial charge in [0.2, 0.25) is 5.91 Å². The number of amides is 1. The Balaban J connectivity index is 3.74. The van der Waals surface area contributed by atoms with Crippen LogP contribution in [0.25, 0.3) is 0 Å². The molecule has 3 N–H and O–H groups in total. The molecule has 0 aliphatic heterocycles. The molecule has 0 saturated carbocycles.